The Balaban J connectivity index is 2.65. The molecule has 0 spiro atoms. The SMILES string of the molecule is CCCCNC(=NCc1cccnc1OCCC)NCC. The largest absolute Gasteiger partial charge is 0.477 e. The minimum Gasteiger partial charge on any atom is -0.477 e. The molecule has 0 aromatic carbocycles. The molecule has 1 aromatic rings. The van der Waals surface area contributed by atoms with Crippen LogP contribution in [-0.2, 0) is 6.54 Å². The van der Waals surface area contributed by atoms with Crippen LogP contribution in [0.1, 0.15) is 45.6 Å². The molecular formula is C16H28N4O. The van der Waals surface area contributed by atoms with Crippen LogP contribution in [0.15, 0.2) is 23.3 Å². The minimum atomic E-state index is 0.564. The molecule has 0 atom stereocenters. The standard InChI is InChI=1S/C16H28N4O/c1-4-7-10-19-16(17-6-3)20-13-14-9-8-11-18-15(14)21-12-5-2/h8-9,11H,4-7,10,12-13H2,1-3H3,(H2,17,19,20). The molecule has 0 bridgehead atoms. The summed E-state index contributed by atoms with van der Waals surface area (Å²) in [6.07, 6.45) is 5.04. The number of hydrogen-bond acceptors (Lipinski definition) is 3. The molecular weight excluding hydrogens is 264 g/mol. The van der Waals surface area contributed by atoms with Gasteiger partial charge in [0.2, 0.25) is 5.88 Å². The third kappa shape index (κ3) is 6.97. The van der Waals surface area contributed by atoms with Gasteiger partial charge in [0.15, 0.2) is 5.96 Å². The molecule has 2 N–H and O–H groups in total. The van der Waals surface area contributed by atoms with Gasteiger partial charge in [-0.3, -0.25) is 0 Å². The summed E-state index contributed by atoms with van der Waals surface area (Å²) in [6, 6.07) is 3.93. The number of hydrogen-bond donors (Lipinski definition) is 2. The van der Waals surface area contributed by atoms with Crippen molar-refractivity contribution < 1.29 is 4.74 Å². The molecule has 0 saturated carbocycles. The Morgan fingerprint density at radius 3 is 2.81 bits per heavy atom. The molecule has 0 unspecified atom stereocenters. The fourth-order valence-electron chi connectivity index (χ4n) is 1.76. The van der Waals surface area contributed by atoms with Crippen LogP contribution >= 0.6 is 0 Å². The van der Waals surface area contributed by atoms with E-state index in [1.165, 1.54) is 6.42 Å². The Bertz CT molecular complexity index is 420. The van der Waals surface area contributed by atoms with Gasteiger partial charge in [-0.2, -0.15) is 0 Å². The number of nitrogens with zero attached hydrogens (tertiary/aromatic N) is 2. The molecule has 5 heteroatoms. The van der Waals surface area contributed by atoms with E-state index in [9.17, 15) is 0 Å². The highest BCUT2D eigenvalue weighted by molar-refractivity contribution is 5.79. The van der Waals surface area contributed by atoms with Gasteiger partial charge < -0.3 is 15.4 Å². The van der Waals surface area contributed by atoms with Crippen LogP contribution in [-0.4, -0.2) is 30.6 Å². The van der Waals surface area contributed by atoms with Crippen molar-refractivity contribution in [3.05, 3.63) is 23.9 Å². The zero-order valence-electron chi connectivity index (χ0n) is 13.5. The maximum atomic E-state index is 5.66. The van der Waals surface area contributed by atoms with E-state index in [2.05, 4.69) is 41.4 Å². The third-order valence-corrected chi connectivity index (χ3v) is 2.87. The second-order valence-corrected chi connectivity index (χ2v) is 4.79. The Hall–Kier alpha value is -1.78. The summed E-state index contributed by atoms with van der Waals surface area (Å²) >= 11 is 0. The molecule has 0 aliphatic rings. The quantitative estimate of drug-likeness (QED) is 0.417. The van der Waals surface area contributed by atoms with Crippen molar-refractivity contribution in [1.29, 1.82) is 0 Å². The van der Waals surface area contributed by atoms with Crippen molar-refractivity contribution in [2.75, 3.05) is 19.7 Å². The van der Waals surface area contributed by atoms with E-state index in [0.29, 0.717) is 19.0 Å². The average molecular weight is 292 g/mol. The molecule has 0 amide bonds. The second kappa shape index (κ2) is 10.9. The summed E-state index contributed by atoms with van der Waals surface area (Å²) < 4.78 is 5.66. The summed E-state index contributed by atoms with van der Waals surface area (Å²) in [5.74, 6) is 1.53. The molecule has 1 heterocycles. The predicted molar refractivity (Wildman–Crippen MR) is 87.7 cm³/mol. The Labute approximate surface area is 128 Å². The van der Waals surface area contributed by atoms with E-state index in [1.807, 2.05) is 12.1 Å². The van der Waals surface area contributed by atoms with Crippen LogP contribution < -0.4 is 15.4 Å². The highest BCUT2D eigenvalue weighted by Gasteiger charge is 2.04. The van der Waals surface area contributed by atoms with E-state index >= 15 is 0 Å². The maximum Gasteiger partial charge on any atom is 0.218 e. The van der Waals surface area contributed by atoms with Crippen LogP contribution in [0.25, 0.3) is 0 Å². The van der Waals surface area contributed by atoms with Gasteiger partial charge in [0.05, 0.1) is 13.2 Å². The highest BCUT2D eigenvalue weighted by Crippen LogP contribution is 2.15. The van der Waals surface area contributed by atoms with Gasteiger partial charge in [-0.15, -0.1) is 0 Å². The molecule has 21 heavy (non-hydrogen) atoms. The molecule has 118 valence electrons. The molecule has 0 aliphatic carbocycles. The first-order valence-electron chi connectivity index (χ1n) is 7.90. The minimum absolute atomic E-state index is 0.564. The second-order valence-electron chi connectivity index (χ2n) is 4.79. The lowest BCUT2D eigenvalue weighted by Crippen LogP contribution is -2.37. The van der Waals surface area contributed by atoms with Gasteiger partial charge in [0, 0.05) is 24.8 Å². The number of guanidine groups is 1. The number of unbranched alkanes of at least 4 members (excludes halogenated alkanes) is 1. The number of nitrogens with one attached hydrogen (secondary N) is 2. The van der Waals surface area contributed by atoms with Crippen molar-refractivity contribution >= 4 is 5.96 Å². The summed E-state index contributed by atoms with van der Waals surface area (Å²) in [5.41, 5.74) is 1.01. The monoisotopic (exact) mass is 292 g/mol. The van der Waals surface area contributed by atoms with Crippen LogP contribution in [0.2, 0.25) is 0 Å². The summed E-state index contributed by atoms with van der Waals surface area (Å²) in [7, 11) is 0. The predicted octanol–water partition coefficient (Wildman–Crippen LogP) is 2.73. The Morgan fingerprint density at radius 2 is 2.10 bits per heavy atom. The first-order chi connectivity index (χ1) is 10.3. The molecule has 5 nitrogen and oxygen atoms in total. The zero-order valence-corrected chi connectivity index (χ0v) is 13.5. The lowest BCUT2D eigenvalue weighted by atomic mass is 10.3. The van der Waals surface area contributed by atoms with E-state index < -0.39 is 0 Å². The van der Waals surface area contributed by atoms with E-state index in [4.69, 9.17) is 4.74 Å². The lowest BCUT2D eigenvalue weighted by Gasteiger charge is -2.12. The summed E-state index contributed by atoms with van der Waals surface area (Å²) in [4.78, 5) is 8.88. The summed E-state index contributed by atoms with van der Waals surface area (Å²) in [6.45, 7) is 9.37. The fraction of sp³-hybridized carbons (Fsp3) is 0.625. The Morgan fingerprint density at radius 1 is 1.24 bits per heavy atom. The van der Waals surface area contributed by atoms with E-state index in [0.717, 1.165) is 37.5 Å². The number of aromatic nitrogens is 1. The lowest BCUT2D eigenvalue weighted by molar-refractivity contribution is 0.302. The number of pyridine rings is 1. The number of aliphatic imine (C=N–C) groups is 1. The first kappa shape index (κ1) is 17.3. The van der Waals surface area contributed by atoms with Gasteiger partial charge in [-0.25, -0.2) is 9.98 Å². The van der Waals surface area contributed by atoms with Crippen LogP contribution in [0, 0.1) is 0 Å². The van der Waals surface area contributed by atoms with Crippen LogP contribution in [0.5, 0.6) is 5.88 Å². The van der Waals surface area contributed by atoms with Crippen LogP contribution in [0.4, 0.5) is 0 Å². The van der Waals surface area contributed by atoms with Crippen molar-refractivity contribution in [3.63, 3.8) is 0 Å². The van der Waals surface area contributed by atoms with Crippen molar-refractivity contribution in [3.8, 4) is 5.88 Å². The third-order valence-electron chi connectivity index (χ3n) is 2.87. The van der Waals surface area contributed by atoms with Gasteiger partial charge >= 0.3 is 0 Å². The van der Waals surface area contributed by atoms with Crippen molar-refractivity contribution in [2.45, 2.75) is 46.6 Å². The van der Waals surface area contributed by atoms with E-state index in [-0.39, 0.29) is 0 Å². The molecule has 0 saturated heterocycles. The molecule has 0 fully saturated rings. The van der Waals surface area contributed by atoms with Crippen molar-refractivity contribution in [1.82, 2.24) is 15.6 Å². The Kier molecular flexibility index (Phi) is 9.00. The number of rotatable bonds is 9. The van der Waals surface area contributed by atoms with Crippen molar-refractivity contribution in [2.24, 2.45) is 4.99 Å². The maximum absolute atomic E-state index is 5.66. The van der Waals surface area contributed by atoms with Gasteiger partial charge in [-0.05, 0) is 25.8 Å². The first-order valence-corrected chi connectivity index (χ1v) is 7.90. The highest BCUT2D eigenvalue weighted by atomic mass is 16.5. The molecule has 1 rings (SSSR count). The summed E-state index contributed by atoms with van der Waals surface area (Å²) in [5, 5.41) is 6.58. The van der Waals surface area contributed by atoms with Gasteiger partial charge in [-0.1, -0.05) is 26.3 Å². The smallest absolute Gasteiger partial charge is 0.218 e. The topological polar surface area (TPSA) is 58.5 Å². The zero-order chi connectivity index (χ0) is 15.3. The average Bonchev–Trinajstić information content (AvgIpc) is 2.51. The normalized spacial score (nSPS) is 11.3. The molecule has 0 radical (unpaired) electrons. The fourth-order valence-corrected chi connectivity index (χ4v) is 1.76. The van der Waals surface area contributed by atoms with Gasteiger partial charge in [0.1, 0.15) is 0 Å². The van der Waals surface area contributed by atoms with Crippen LogP contribution in [0.3, 0.4) is 0 Å². The van der Waals surface area contributed by atoms with Gasteiger partial charge in [0.25, 0.3) is 0 Å². The molecule has 0 aliphatic heterocycles. The number of ether oxygens (including phenoxy) is 1. The van der Waals surface area contributed by atoms with E-state index in [1.54, 1.807) is 6.20 Å². The molecule has 1 aromatic heterocycles.